The number of piperidine rings is 1. The lowest BCUT2D eigenvalue weighted by atomic mass is 10.0. The number of amides is 1. The minimum absolute atomic E-state index is 0.00687. The van der Waals surface area contributed by atoms with Crippen LogP contribution in [0.1, 0.15) is 33.1 Å². The number of nitrogens with zero attached hydrogens (tertiary/aromatic N) is 5. The van der Waals surface area contributed by atoms with Gasteiger partial charge in [-0.2, -0.15) is 13.4 Å². The Kier molecular flexibility index (Phi) is 14.0. The average molecular weight is 846 g/mol. The highest BCUT2D eigenvalue weighted by Gasteiger charge is 2.26. The molecule has 3 aromatic rings. The largest absolute Gasteiger partial charge is 0.494 e. The maximum atomic E-state index is 15.2. The lowest BCUT2D eigenvalue weighted by Crippen LogP contribution is -2.46. The Labute approximate surface area is 318 Å². The first kappa shape index (κ1) is 41.6. The molecule has 3 N–H and O–H groups in total. The molecular weight excluding hydrogens is 799 g/mol. The first-order valence-electron chi connectivity index (χ1n) is 16.7. The number of anilines is 6. The van der Waals surface area contributed by atoms with Crippen molar-refractivity contribution < 1.29 is 39.7 Å². The molecule has 0 aliphatic carbocycles. The summed E-state index contributed by atoms with van der Waals surface area (Å²) in [6.45, 7) is 5.70. The van der Waals surface area contributed by atoms with E-state index in [0.29, 0.717) is 47.9 Å². The third kappa shape index (κ3) is 11.4. The number of hydrogen-bond donors (Lipinski definition) is 3. The predicted octanol–water partition coefficient (Wildman–Crippen LogP) is 4.43. The van der Waals surface area contributed by atoms with Gasteiger partial charge in [-0.1, -0.05) is 6.92 Å². The molecule has 0 unspecified atom stereocenters. The summed E-state index contributed by atoms with van der Waals surface area (Å²) in [5.41, 5.74) is 1.20. The highest BCUT2D eigenvalue weighted by Crippen LogP contribution is 2.42. The molecule has 0 saturated carbocycles. The Bertz CT molecular complexity index is 2000. The summed E-state index contributed by atoms with van der Waals surface area (Å²) in [6, 6.07) is 5.65. The van der Waals surface area contributed by atoms with E-state index < -0.39 is 31.7 Å². The minimum atomic E-state index is -4.13. The number of carbonyl (C=O) groups excluding carboxylic acids is 1. The summed E-state index contributed by atoms with van der Waals surface area (Å²) in [6.07, 6.45) is 5.46. The van der Waals surface area contributed by atoms with Crippen molar-refractivity contribution in [1.82, 2.24) is 20.2 Å². The fourth-order valence-electron chi connectivity index (χ4n) is 5.64. The molecule has 4 rings (SSSR count). The summed E-state index contributed by atoms with van der Waals surface area (Å²) in [5.74, 6) is -0.423. The van der Waals surface area contributed by atoms with Gasteiger partial charge < -0.3 is 39.4 Å². The fourth-order valence-corrected chi connectivity index (χ4v) is 7.36. The number of methoxy groups -OCH3 is 1. The van der Waals surface area contributed by atoms with Crippen LogP contribution in [0.3, 0.4) is 0 Å². The number of sulfonamides is 1. The smallest absolute Gasteiger partial charge is 0.306 e. The molecule has 0 radical (unpaired) electrons. The molecule has 0 spiro atoms. The van der Waals surface area contributed by atoms with Crippen LogP contribution >= 0.6 is 15.9 Å². The molecule has 1 aliphatic heterocycles. The van der Waals surface area contributed by atoms with Crippen LogP contribution < -0.4 is 38.8 Å². The van der Waals surface area contributed by atoms with E-state index in [1.165, 1.54) is 13.3 Å². The zero-order valence-electron chi connectivity index (χ0n) is 30.7. The second kappa shape index (κ2) is 17.8. The maximum Gasteiger partial charge on any atom is 0.306 e. The molecule has 1 saturated heterocycles. The second-order valence-electron chi connectivity index (χ2n) is 12.6. The number of halogens is 2. The maximum absolute atomic E-state index is 15.2. The predicted molar refractivity (Wildman–Crippen MR) is 207 cm³/mol. The van der Waals surface area contributed by atoms with Gasteiger partial charge in [0.05, 0.1) is 60.0 Å². The van der Waals surface area contributed by atoms with Crippen LogP contribution in [0.25, 0.3) is 0 Å². The quantitative estimate of drug-likeness (QED) is 0.162. The molecule has 2 heterocycles. The minimum Gasteiger partial charge on any atom is -0.494 e. The van der Waals surface area contributed by atoms with E-state index in [1.807, 2.05) is 32.0 Å². The van der Waals surface area contributed by atoms with Crippen molar-refractivity contribution in [3.63, 3.8) is 0 Å². The van der Waals surface area contributed by atoms with Crippen molar-refractivity contribution in [2.75, 3.05) is 86.3 Å². The Morgan fingerprint density at radius 3 is 2.30 bits per heavy atom. The van der Waals surface area contributed by atoms with E-state index in [2.05, 4.69) is 46.7 Å². The number of ether oxygens (including phenoxy) is 2. The van der Waals surface area contributed by atoms with Crippen molar-refractivity contribution in [2.24, 2.45) is 0 Å². The van der Waals surface area contributed by atoms with E-state index in [0.717, 1.165) is 53.9 Å². The molecule has 0 atom stereocenters. The topological polar surface area (TPSA) is 185 Å². The van der Waals surface area contributed by atoms with Crippen LogP contribution in [0.5, 0.6) is 17.2 Å². The summed E-state index contributed by atoms with van der Waals surface area (Å²) in [4.78, 5) is 25.3. The molecule has 1 aliphatic rings. The number of nitrogens with one attached hydrogen (secondary N) is 3. The Morgan fingerprint density at radius 2 is 1.72 bits per heavy atom. The molecule has 1 aromatic heterocycles. The van der Waals surface area contributed by atoms with Crippen LogP contribution in [-0.4, -0.2) is 110 Å². The SMILES string of the molecule is CCCOc1cc(Nc2ncc(Br)c(Nc3cc(F)c(OS(C)(=O)=O)cc3N(CC)S(C)(=O)=O)n2)c(OC)cc1N1CCC(NC(=O)CN(C)C)CC1. The zero-order chi connectivity index (χ0) is 39.1. The van der Waals surface area contributed by atoms with E-state index in [9.17, 15) is 21.6 Å². The zero-order valence-corrected chi connectivity index (χ0v) is 33.9. The van der Waals surface area contributed by atoms with Gasteiger partial charge in [-0.15, -0.1) is 0 Å². The molecule has 2 aromatic carbocycles. The fraction of sp³-hybridized carbons (Fsp3) is 0.485. The van der Waals surface area contributed by atoms with E-state index >= 15 is 4.39 Å². The average Bonchev–Trinajstić information content (AvgIpc) is 3.06. The molecule has 20 heteroatoms. The highest BCUT2D eigenvalue weighted by atomic mass is 79.9. The lowest BCUT2D eigenvalue weighted by Gasteiger charge is -2.35. The third-order valence-corrected chi connectivity index (χ3v) is 10.2. The first-order chi connectivity index (χ1) is 24.9. The third-order valence-electron chi connectivity index (χ3n) is 7.89. The van der Waals surface area contributed by atoms with Gasteiger partial charge in [0.15, 0.2) is 11.6 Å². The molecule has 16 nitrogen and oxygen atoms in total. The van der Waals surface area contributed by atoms with Gasteiger partial charge in [-0.05, 0) is 56.2 Å². The van der Waals surface area contributed by atoms with Crippen molar-refractivity contribution in [3.05, 3.63) is 40.8 Å². The number of aromatic nitrogens is 2. The molecule has 1 amide bonds. The van der Waals surface area contributed by atoms with Crippen molar-refractivity contribution in [3.8, 4) is 17.2 Å². The lowest BCUT2D eigenvalue weighted by molar-refractivity contribution is -0.122. The van der Waals surface area contributed by atoms with E-state index in [1.54, 1.807) is 13.0 Å². The summed E-state index contributed by atoms with van der Waals surface area (Å²) in [7, 11) is -2.78. The summed E-state index contributed by atoms with van der Waals surface area (Å²) < 4.78 is 82.2. The van der Waals surface area contributed by atoms with Crippen LogP contribution in [0.4, 0.5) is 38.9 Å². The number of rotatable bonds is 17. The highest BCUT2D eigenvalue weighted by molar-refractivity contribution is 9.10. The van der Waals surface area contributed by atoms with Gasteiger partial charge in [0, 0.05) is 56.1 Å². The van der Waals surface area contributed by atoms with Gasteiger partial charge in [-0.3, -0.25) is 9.10 Å². The van der Waals surface area contributed by atoms with Crippen molar-refractivity contribution >= 4 is 76.5 Å². The van der Waals surface area contributed by atoms with Gasteiger partial charge in [0.1, 0.15) is 17.3 Å². The molecule has 292 valence electrons. The van der Waals surface area contributed by atoms with E-state index in [-0.39, 0.29) is 41.6 Å². The normalized spacial score (nSPS) is 13.8. The Balaban J connectivity index is 1.65. The standard InChI is InChI=1S/C33H46BrFN8O8S2/c1-8-14-50-30-16-25(29(49-5)18-27(30)42-12-10-21(11-13-42)37-31(44)20-41(3)4)39-33-36-19-22(34)32(40-33)38-24-15-23(35)28(51-53(7,47)48)17-26(24)43(9-2)52(6,45)46/h15-19,21H,8-14,20H2,1-7H3,(H,37,44)(H2,36,38,39,40). The second-order valence-corrected chi connectivity index (χ2v) is 16.9. The van der Waals surface area contributed by atoms with Crippen LogP contribution in [-0.2, 0) is 24.9 Å². The van der Waals surface area contributed by atoms with Gasteiger partial charge >= 0.3 is 10.1 Å². The van der Waals surface area contributed by atoms with Crippen LogP contribution in [0.15, 0.2) is 34.9 Å². The Morgan fingerprint density at radius 1 is 1.02 bits per heavy atom. The van der Waals surface area contributed by atoms with Crippen LogP contribution in [0, 0.1) is 5.82 Å². The molecule has 53 heavy (non-hydrogen) atoms. The van der Waals surface area contributed by atoms with Gasteiger partial charge in [0.2, 0.25) is 21.9 Å². The van der Waals surface area contributed by atoms with E-state index in [4.69, 9.17) is 13.7 Å². The van der Waals surface area contributed by atoms with Crippen molar-refractivity contribution in [2.45, 2.75) is 39.2 Å². The number of carbonyl (C=O) groups is 1. The summed E-state index contributed by atoms with van der Waals surface area (Å²) in [5, 5.41) is 9.22. The molecule has 1 fully saturated rings. The molecular formula is C33H46BrFN8O8S2. The summed E-state index contributed by atoms with van der Waals surface area (Å²) >= 11 is 3.39. The van der Waals surface area contributed by atoms with Gasteiger partial charge in [-0.25, -0.2) is 17.8 Å². The number of hydrogen-bond acceptors (Lipinski definition) is 14. The van der Waals surface area contributed by atoms with Crippen LogP contribution in [0.2, 0.25) is 0 Å². The number of likely N-dealkylation sites (N-methyl/N-ethyl adjacent to an activating group) is 1. The number of benzene rings is 2. The first-order valence-corrected chi connectivity index (χ1v) is 21.2. The Hall–Kier alpha value is -4.14. The monoisotopic (exact) mass is 844 g/mol. The van der Waals surface area contributed by atoms with Crippen molar-refractivity contribution in [1.29, 1.82) is 0 Å². The van der Waals surface area contributed by atoms with Gasteiger partial charge in [0.25, 0.3) is 0 Å². The molecule has 0 bridgehead atoms.